The number of aromatic nitrogens is 3. The molecule has 3 aromatic rings. The highest BCUT2D eigenvalue weighted by Gasteiger charge is 2.36. The molecule has 0 fully saturated rings. The van der Waals surface area contributed by atoms with Gasteiger partial charge in [-0.1, -0.05) is 36.4 Å². The number of hydrogen-bond acceptors (Lipinski definition) is 6. The standard InChI is InChI=1S/C23H22N4O3/c1-29-20-12-16(10-11-19(20)30-13-15-6-3-2-4-7-15)22-21-17(8-5-9-18(21)28)26-23-24-14-25-27(22)23/h2-4,6-7,10-12,14,22H,5,8-9,13H2,1H3,(H,24,25,26)/t22-/m1/s1. The van der Waals surface area contributed by atoms with Crippen molar-refractivity contribution in [1.82, 2.24) is 14.8 Å². The number of ether oxygens (including phenoxy) is 2. The highest BCUT2D eigenvalue weighted by Crippen LogP contribution is 2.41. The minimum Gasteiger partial charge on any atom is -0.493 e. The molecule has 30 heavy (non-hydrogen) atoms. The maximum Gasteiger partial charge on any atom is 0.226 e. The minimum atomic E-state index is -0.330. The number of anilines is 1. The van der Waals surface area contributed by atoms with E-state index in [9.17, 15) is 4.79 Å². The van der Waals surface area contributed by atoms with Gasteiger partial charge in [-0.25, -0.2) is 4.68 Å². The quantitative estimate of drug-likeness (QED) is 0.698. The molecule has 2 aromatic carbocycles. The van der Waals surface area contributed by atoms with Crippen LogP contribution in [0.1, 0.15) is 36.4 Å². The predicted octanol–water partition coefficient (Wildman–Crippen LogP) is 3.89. The van der Waals surface area contributed by atoms with E-state index in [4.69, 9.17) is 9.47 Å². The first-order chi connectivity index (χ1) is 14.7. The summed E-state index contributed by atoms with van der Waals surface area (Å²) >= 11 is 0. The number of ketones is 1. The van der Waals surface area contributed by atoms with E-state index < -0.39 is 0 Å². The summed E-state index contributed by atoms with van der Waals surface area (Å²) in [7, 11) is 1.62. The van der Waals surface area contributed by atoms with Crippen LogP contribution in [0.25, 0.3) is 0 Å². The maximum absolute atomic E-state index is 12.8. The lowest BCUT2D eigenvalue weighted by Crippen LogP contribution is -2.31. The third-order valence-corrected chi connectivity index (χ3v) is 5.55. The molecule has 0 saturated heterocycles. The summed E-state index contributed by atoms with van der Waals surface area (Å²) in [6, 6.07) is 15.4. The predicted molar refractivity (Wildman–Crippen MR) is 111 cm³/mol. The van der Waals surface area contributed by atoms with E-state index in [1.54, 1.807) is 11.8 Å². The summed E-state index contributed by atoms with van der Waals surface area (Å²) in [5.41, 5.74) is 3.70. The Bertz CT molecular complexity index is 1120. The first-order valence-electron chi connectivity index (χ1n) is 10.0. The highest BCUT2D eigenvalue weighted by atomic mass is 16.5. The van der Waals surface area contributed by atoms with Crippen LogP contribution in [0.5, 0.6) is 11.5 Å². The minimum absolute atomic E-state index is 0.151. The summed E-state index contributed by atoms with van der Waals surface area (Å²) in [6.07, 6.45) is 3.74. The van der Waals surface area contributed by atoms with Crippen molar-refractivity contribution < 1.29 is 14.3 Å². The molecule has 1 N–H and O–H groups in total. The largest absolute Gasteiger partial charge is 0.493 e. The number of nitrogens with zero attached hydrogens (tertiary/aromatic N) is 3. The molecule has 0 spiro atoms. The van der Waals surface area contributed by atoms with Gasteiger partial charge in [-0.3, -0.25) is 4.79 Å². The maximum atomic E-state index is 12.8. The number of methoxy groups -OCH3 is 1. The van der Waals surface area contributed by atoms with Gasteiger partial charge in [0.2, 0.25) is 5.95 Å². The van der Waals surface area contributed by atoms with Gasteiger partial charge in [-0.15, -0.1) is 0 Å². The van der Waals surface area contributed by atoms with Crippen LogP contribution in [0.2, 0.25) is 0 Å². The zero-order chi connectivity index (χ0) is 20.5. The SMILES string of the molecule is COc1cc([C@@H]2C3=C(CCCC3=O)Nc3ncnn32)ccc1OCc1ccccc1. The van der Waals surface area contributed by atoms with Crippen LogP contribution in [0.15, 0.2) is 66.1 Å². The normalized spacial score (nSPS) is 17.8. The first kappa shape index (κ1) is 18.4. The number of benzene rings is 2. The van der Waals surface area contributed by atoms with E-state index in [1.807, 2.05) is 48.5 Å². The number of carbonyl (C=O) groups excluding carboxylic acids is 1. The number of rotatable bonds is 5. The summed E-state index contributed by atoms with van der Waals surface area (Å²) in [5.74, 6) is 2.08. The van der Waals surface area contributed by atoms with Crippen molar-refractivity contribution >= 4 is 11.7 Å². The van der Waals surface area contributed by atoms with E-state index in [-0.39, 0.29) is 11.8 Å². The molecule has 152 valence electrons. The van der Waals surface area contributed by atoms with Crippen LogP contribution in [0, 0.1) is 0 Å². The lowest BCUT2D eigenvalue weighted by molar-refractivity contribution is -0.116. The lowest BCUT2D eigenvalue weighted by atomic mass is 9.85. The zero-order valence-electron chi connectivity index (χ0n) is 16.7. The van der Waals surface area contributed by atoms with Gasteiger partial charge in [-0.2, -0.15) is 10.1 Å². The fourth-order valence-corrected chi connectivity index (χ4v) is 4.11. The Labute approximate surface area is 174 Å². The molecule has 1 aromatic heterocycles. The summed E-state index contributed by atoms with van der Waals surface area (Å²) in [5, 5.41) is 7.66. The number of nitrogens with one attached hydrogen (secondary N) is 1. The fraction of sp³-hybridized carbons (Fsp3) is 0.261. The Hall–Kier alpha value is -3.61. The van der Waals surface area contributed by atoms with Crippen molar-refractivity contribution in [2.75, 3.05) is 12.4 Å². The zero-order valence-corrected chi connectivity index (χ0v) is 16.7. The van der Waals surface area contributed by atoms with Crippen LogP contribution in [0.4, 0.5) is 5.95 Å². The van der Waals surface area contributed by atoms with Gasteiger partial charge in [0.25, 0.3) is 0 Å². The van der Waals surface area contributed by atoms with Crippen LogP contribution in [-0.2, 0) is 11.4 Å². The molecule has 0 saturated carbocycles. The third kappa shape index (κ3) is 3.22. The molecular formula is C23H22N4O3. The smallest absolute Gasteiger partial charge is 0.226 e. The van der Waals surface area contributed by atoms with E-state index in [2.05, 4.69) is 15.4 Å². The molecule has 1 atom stereocenters. The summed E-state index contributed by atoms with van der Waals surface area (Å²) in [4.78, 5) is 17.1. The topological polar surface area (TPSA) is 78.3 Å². The first-order valence-corrected chi connectivity index (χ1v) is 10.0. The number of hydrogen-bond donors (Lipinski definition) is 1. The van der Waals surface area contributed by atoms with Gasteiger partial charge in [0.15, 0.2) is 17.3 Å². The molecule has 0 amide bonds. The molecule has 5 rings (SSSR count). The van der Waals surface area contributed by atoms with Crippen molar-refractivity contribution in [2.45, 2.75) is 31.9 Å². The summed E-state index contributed by atoms with van der Waals surface area (Å²) in [6.45, 7) is 0.449. The van der Waals surface area contributed by atoms with Crippen molar-refractivity contribution in [3.63, 3.8) is 0 Å². The average Bonchev–Trinajstić information content (AvgIpc) is 3.25. The number of carbonyl (C=O) groups is 1. The van der Waals surface area contributed by atoms with Crippen LogP contribution >= 0.6 is 0 Å². The molecule has 2 aliphatic rings. The van der Waals surface area contributed by atoms with Gasteiger partial charge < -0.3 is 14.8 Å². The second-order valence-corrected chi connectivity index (χ2v) is 7.41. The Kier molecular flexibility index (Phi) is 4.71. The van der Waals surface area contributed by atoms with E-state index >= 15 is 0 Å². The van der Waals surface area contributed by atoms with Crippen molar-refractivity contribution in [1.29, 1.82) is 0 Å². The van der Waals surface area contributed by atoms with E-state index in [1.165, 1.54) is 6.33 Å². The molecule has 1 aliphatic carbocycles. The molecule has 0 unspecified atom stereocenters. The Balaban J connectivity index is 1.50. The van der Waals surface area contributed by atoms with Crippen molar-refractivity contribution in [3.8, 4) is 11.5 Å². The second kappa shape index (κ2) is 7.67. The lowest BCUT2D eigenvalue weighted by Gasteiger charge is -2.32. The van der Waals surface area contributed by atoms with Gasteiger partial charge >= 0.3 is 0 Å². The van der Waals surface area contributed by atoms with Crippen molar-refractivity contribution in [3.05, 3.63) is 77.3 Å². The summed E-state index contributed by atoms with van der Waals surface area (Å²) < 4.78 is 13.4. The molecule has 1 aliphatic heterocycles. The van der Waals surface area contributed by atoms with Gasteiger partial charge in [0.05, 0.1) is 7.11 Å². The molecule has 0 radical (unpaired) electrons. The van der Waals surface area contributed by atoms with E-state index in [0.717, 1.165) is 35.2 Å². The van der Waals surface area contributed by atoms with Gasteiger partial charge in [0, 0.05) is 17.7 Å². The third-order valence-electron chi connectivity index (χ3n) is 5.55. The average molecular weight is 402 g/mol. The highest BCUT2D eigenvalue weighted by molar-refractivity contribution is 5.99. The Morgan fingerprint density at radius 1 is 1.13 bits per heavy atom. The Morgan fingerprint density at radius 3 is 2.83 bits per heavy atom. The van der Waals surface area contributed by atoms with Crippen LogP contribution in [-0.4, -0.2) is 27.7 Å². The molecular weight excluding hydrogens is 380 g/mol. The van der Waals surface area contributed by atoms with E-state index in [0.29, 0.717) is 30.5 Å². The second-order valence-electron chi connectivity index (χ2n) is 7.41. The van der Waals surface area contributed by atoms with Crippen LogP contribution in [0.3, 0.4) is 0 Å². The molecule has 7 heteroatoms. The number of fused-ring (bicyclic) bond motifs is 1. The van der Waals surface area contributed by atoms with Gasteiger partial charge in [-0.05, 0) is 36.1 Å². The fourth-order valence-electron chi connectivity index (χ4n) is 4.11. The Morgan fingerprint density at radius 2 is 2.00 bits per heavy atom. The molecule has 7 nitrogen and oxygen atoms in total. The molecule has 2 heterocycles. The number of allylic oxidation sites excluding steroid dienone is 2. The van der Waals surface area contributed by atoms with Crippen LogP contribution < -0.4 is 14.8 Å². The van der Waals surface area contributed by atoms with Crippen molar-refractivity contribution in [2.24, 2.45) is 0 Å². The number of Topliss-reactive ketones (excluding diaryl/α,β-unsaturated/α-hetero) is 1. The van der Waals surface area contributed by atoms with Gasteiger partial charge in [0.1, 0.15) is 19.0 Å². The monoisotopic (exact) mass is 402 g/mol. The molecule has 0 bridgehead atoms.